The minimum atomic E-state index is -1.25. The maximum absolute atomic E-state index is 14.0. The van der Waals surface area contributed by atoms with Gasteiger partial charge in [0, 0.05) is 5.25 Å². The number of benzene rings is 2. The second-order valence-electron chi connectivity index (χ2n) is 5.28. The summed E-state index contributed by atoms with van der Waals surface area (Å²) in [5, 5.41) is -0.318. The monoisotopic (exact) mass is 393 g/mol. The fourth-order valence-electron chi connectivity index (χ4n) is 2.44. The zero-order valence-electron chi connectivity index (χ0n) is 12.2. The normalized spacial score (nSPS) is 26.9. The number of carbonyl (C=O) groups is 1. The number of rotatable bonds is 3. The van der Waals surface area contributed by atoms with Gasteiger partial charge in [-0.3, -0.25) is 0 Å². The lowest BCUT2D eigenvalue weighted by Gasteiger charge is -2.17. The van der Waals surface area contributed by atoms with Crippen molar-refractivity contribution in [3.63, 3.8) is 0 Å². The summed E-state index contributed by atoms with van der Waals surface area (Å²) in [6.07, 6.45) is -2.08. The summed E-state index contributed by atoms with van der Waals surface area (Å²) in [4.78, 5) is 12.2. The van der Waals surface area contributed by atoms with Crippen LogP contribution in [0.5, 0.6) is 0 Å². The predicted octanol–water partition coefficient (Wildman–Crippen LogP) is 4.89. The Balaban J connectivity index is 1.71. The van der Waals surface area contributed by atoms with Gasteiger partial charge in [-0.05, 0) is 30.2 Å². The lowest BCUT2D eigenvalue weighted by atomic mass is 10.0. The number of alkyl halides is 2. The van der Waals surface area contributed by atoms with E-state index < -0.39 is 18.2 Å². The molecular weight excluding hydrogens is 379 g/mol. The minimum Gasteiger partial charge on any atom is -0.454 e. The highest BCUT2D eigenvalue weighted by atomic mass is 79.9. The van der Waals surface area contributed by atoms with Gasteiger partial charge in [-0.15, -0.1) is 11.8 Å². The average Bonchev–Trinajstić information content (AvgIpc) is 2.82. The van der Waals surface area contributed by atoms with Gasteiger partial charge in [-0.1, -0.05) is 58.4 Å². The first-order valence-electron chi connectivity index (χ1n) is 7.19. The van der Waals surface area contributed by atoms with Crippen molar-refractivity contribution in [3.8, 4) is 11.1 Å². The molecule has 0 bridgehead atoms. The van der Waals surface area contributed by atoms with E-state index in [2.05, 4.69) is 22.9 Å². The Morgan fingerprint density at radius 1 is 1.09 bits per heavy atom. The van der Waals surface area contributed by atoms with Crippen LogP contribution in [-0.4, -0.2) is 27.7 Å². The molecular formula is C18H15BrFO2S. The zero-order valence-corrected chi connectivity index (χ0v) is 14.6. The summed E-state index contributed by atoms with van der Waals surface area (Å²) in [7, 11) is 0. The number of hydrogen-bond donors (Lipinski definition) is 0. The number of hydrogen-bond acceptors (Lipinski definition) is 3. The van der Waals surface area contributed by atoms with Crippen molar-refractivity contribution in [1.82, 2.24) is 0 Å². The maximum Gasteiger partial charge on any atom is 0.338 e. The molecule has 5 heteroatoms. The highest BCUT2D eigenvalue weighted by Crippen LogP contribution is 2.41. The van der Waals surface area contributed by atoms with Crippen LogP contribution in [0, 0.1) is 6.92 Å². The standard InChI is InChI=1S/C18H15BrFO2S/c1-11-16(15(20)17(19)23-11)22-18(21)14-9-7-13(8-10-14)12-5-3-2-4-6-12/h2-11,15-17H,1H2/t11-,15+,16-,17+/m1/s1. The highest BCUT2D eigenvalue weighted by molar-refractivity contribution is 9.11. The van der Waals surface area contributed by atoms with Gasteiger partial charge in [0.05, 0.1) is 9.72 Å². The van der Waals surface area contributed by atoms with Crippen LogP contribution in [0.25, 0.3) is 11.1 Å². The van der Waals surface area contributed by atoms with Crippen molar-refractivity contribution in [2.45, 2.75) is 21.7 Å². The van der Waals surface area contributed by atoms with Crippen molar-refractivity contribution in [2.75, 3.05) is 0 Å². The van der Waals surface area contributed by atoms with Gasteiger partial charge in [0.2, 0.25) is 0 Å². The summed E-state index contributed by atoms with van der Waals surface area (Å²) in [6.45, 7) is 3.84. The third kappa shape index (κ3) is 3.61. The van der Waals surface area contributed by atoms with Crippen LogP contribution < -0.4 is 0 Å². The molecule has 1 heterocycles. The molecule has 1 aliphatic rings. The Labute approximate surface area is 147 Å². The number of thioether (sulfide) groups is 1. The third-order valence-corrected chi connectivity index (χ3v) is 6.00. The first kappa shape index (κ1) is 16.5. The molecule has 1 aliphatic heterocycles. The first-order valence-corrected chi connectivity index (χ1v) is 9.05. The molecule has 0 aromatic heterocycles. The number of carbonyl (C=O) groups excluding carboxylic acids is 1. The molecule has 2 nitrogen and oxygen atoms in total. The fraction of sp³-hybridized carbons (Fsp3) is 0.222. The van der Waals surface area contributed by atoms with Crippen LogP contribution in [0.15, 0.2) is 54.6 Å². The molecule has 119 valence electrons. The van der Waals surface area contributed by atoms with E-state index in [9.17, 15) is 9.18 Å². The van der Waals surface area contributed by atoms with Gasteiger partial charge in [0.1, 0.15) is 6.10 Å². The van der Waals surface area contributed by atoms with E-state index in [1.54, 1.807) is 12.1 Å². The molecule has 0 amide bonds. The van der Waals surface area contributed by atoms with Gasteiger partial charge in [0.15, 0.2) is 6.17 Å². The molecule has 3 rings (SSSR count). The van der Waals surface area contributed by atoms with Gasteiger partial charge in [-0.25, -0.2) is 9.18 Å². The van der Waals surface area contributed by atoms with Gasteiger partial charge in [-0.2, -0.15) is 0 Å². The Kier molecular flexibility index (Phi) is 5.07. The van der Waals surface area contributed by atoms with Crippen molar-refractivity contribution in [1.29, 1.82) is 0 Å². The van der Waals surface area contributed by atoms with Crippen molar-refractivity contribution in [2.24, 2.45) is 0 Å². The van der Waals surface area contributed by atoms with E-state index in [0.717, 1.165) is 11.1 Å². The van der Waals surface area contributed by atoms with Gasteiger partial charge < -0.3 is 4.74 Å². The second-order valence-corrected chi connectivity index (χ2v) is 8.26. The minimum absolute atomic E-state index is 0.318. The largest absolute Gasteiger partial charge is 0.454 e. The fourth-order valence-corrected chi connectivity index (χ4v) is 4.57. The quantitative estimate of drug-likeness (QED) is 0.548. The molecule has 1 saturated heterocycles. The molecule has 0 saturated carbocycles. The van der Waals surface area contributed by atoms with Crippen molar-refractivity contribution < 1.29 is 13.9 Å². The Hall–Kier alpha value is -1.33. The molecule has 2 aromatic rings. The van der Waals surface area contributed by atoms with E-state index >= 15 is 0 Å². The van der Waals surface area contributed by atoms with E-state index in [-0.39, 0.29) is 9.41 Å². The molecule has 0 aliphatic carbocycles. The van der Waals surface area contributed by atoms with E-state index in [1.807, 2.05) is 42.5 Å². The highest BCUT2D eigenvalue weighted by Gasteiger charge is 2.43. The van der Waals surface area contributed by atoms with Crippen molar-refractivity contribution >= 4 is 33.7 Å². The van der Waals surface area contributed by atoms with E-state index in [1.165, 1.54) is 11.8 Å². The Bertz CT molecular complexity index is 677. The molecule has 2 aromatic carbocycles. The summed E-state index contributed by atoms with van der Waals surface area (Å²) in [5.41, 5.74) is 2.49. The third-order valence-electron chi connectivity index (χ3n) is 3.71. The Morgan fingerprint density at radius 3 is 2.26 bits per heavy atom. The molecule has 4 atom stereocenters. The number of ether oxygens (including phenoxy) is 1. The molecule has 0 unspecified atom stereocenters. The molecule has 23 heavy (non-hydrogen) atoms. The van der Waals surface area contributed by atoms with Crippen molar-refractivity contribution in [3.05, 3.63) is 67.1 Å². The number of esters is 1. The SMILES string of the molecule is [CH2][C@H]1S[C@H](Br)[C@@H](F)[C@@H]1OC(=O)c1ccc(-c2ccccc2)cc1. The first-order chi connectivity index (χ1) is 11.1. The topological polar surface area (TPSA) is 26.3 Å². The summed E-state index contributed by atoms with van der Waals surface area (Å²) < 4.78 is 18.9. The van der Waals surface area contributed by atoms with Crippen LogP contribution in [-0.2, 0) is 4.74 Å². The van der Waals surface area contributed by atoms with Gasteiger partial charge in [0.25, 0.3) is 0 Å². The summed E-state index contributed by atoms with van der Waals surface area (Å²) in [6, 6.07) is 17.0. The smallest absolute Gasteiger partial charge is 0.338 e. The summed E-state index contributed by atoms with van der Waals surface area (Å²) in [5.74, 6) is -0.520. The average molecular weight is 394 g/mol. The lowest BCUT2D eigenvalue weighted by molar-refractivity contribution is 0.0149. The van der Waals surface area contributed by atoms with Crippen LogP contribution in [0.3, 0.4) is 0 Å². The zero-order chi connectivity index (χ0) is 16.4. The maximum atomic E-state index is 14.0. The van der Waals surface area contributed by atoms with E-state index in [4.69, 9.17) is 4.74 Å². The van der Waals surface area contributed by atoms with Crippen LogP contribution in [0.4, 0.5) is 4.39 Å². The second kappa shape index (κ2) is 7.05. The van der Waals surface area contributed by atoms with Crippen LogP contribution >= 0.6 is 27.7 Å². The summed E-state index contributed by atoms with van der Waals surface area (Å²) >= 11 is 4.55. The van der Waals surface area contributed by atoms with E-state index in [0.29, 0.717) is 5.56 Å². The van der Waals surface area contributed by atoms with Gasteiger partial charge >= 0.3 is 5.97 Å². The van der Waals surface area contributed by atoms with Crippen LogP contribution in [0.2, 0.25) is 0 Å². The van der Waals surface area contributed by atoms with Crippen LogP contribution in [0.1, 0.15) is 10.4 Å². The molecule has 1 fully saturated rings. The molecule has 0 N–H and O–H groups in total. The molecule has 1 radical (unpaired) electrons. The predicted molar refractivity (Wildman–Crippen MR) is 95.4 cm³/mol. The molecule has 0 spiro atoms. The Morgan fingerprint density at radius 2 is 1.70 bits per heavy atom. The number of halogens is 2. The lowest BCUT2D eigenvalue weighted by Crippen LogP contribution is -2.32.